The second kappa shape index (κ2) is 8.66. The van der Waals surface area contributed by atoms with Gasteiger partial charge in [-0.1, -0.05) is 35.9 Å². The Labute approximate surface area is 174 Å². The normalized spacial score (nSPS) is 15.8. The lowest BCUT2D eigenvalue weighted by Gasteiger charge is -2.31. The molecule has 150 valence electrons. The van der Waals surface area contributed by atoms with Gasteiger partial charge in [0.25, 0.3) is 5.91 Å². The van der Waals surface area contributed by atoms with Crippen LogP contribution in [0.3, 0.4) is 0 Å². The van der Waals surface area contributed by atoms with E-state index in [1.165, 1.54) is 11.8 Å². The van der Waals surface area contributed by atoms with Gasteiger partial charge in [-0.05, 0) is 48.9 Å². The number of thiophene rings is 1. The Kier molecular flexibility index (Phi) is 5.81. The summed E-state index contributed by atoms with van der Waals surface area (Å²) >= 11 is 1.64. The number of piperidine rings is 1. The van der Waals surface area contributed by atoms with Gasteiger partial charge in [-0.3, -0.25) is 9.59 Å². The number of likely N-dealkylation sites (tertiary alicyclic amines) is 1. The molecule has 2 amide bonds. The van der Waals surface area contributed by atoms with Gasteiger partial charge in [0.05, 0.1) is 12.3 Å². The second-order valence-corrected chi connectivity index (χ2v) is 8.39. The Morgan fingerprint density at radius 3 is 2.48 bits per heavy atom. The van der Waals surface area contributed by atoms with Crippen LogP contribution < -0.4 is 5.32 Å². The van der Waals surface area contributed by atoms with Gasteiger partial charge in [0, 0.05) is 23.9 Å². The largest absolute Gasteiger partial charge is 0.459 e. The number of carbonyl (C=O) groups excluding carboxylic acids is 2. The van der Waals surface area contributed by atoms with Gasteiger partial charge in [-0.2, -0.15) is 0 Å². The van der Waals surface area contributed by atoms with Crippen LogP contribution >= 0.6 is 11.3 Å². The first-order valence-corrected chi connectivity index (χ1v) is 10.7. The predicted molar refractivity (Wildman–Crippen MR) is 113 cm³/mol. The maximum atomic E-state index is 13.0. The SMILES string of the molecule is Cc1ccc(C(NC(=O)C2CCN(C(=O)c3ccco3)CC2)c2cccs2)cc1. The molecule has 1 aliphatic rings. The topological polar surface area (TPSA) is 62.6 Å². The Morgan fingerprint density at radius 1 is 1.10 bits per heavy atom. The van der Waals surface area contributed by atoms with Crippen LogP contribution in [-0.4, -0.2) is 29.8 Å². The van der Waals surface area contributed by atoms with Crippen molar-refractivity contribution in [2.45, 2.75) is 25.8 Å². The molecule has 29 heavy (non-hydrogen) atoms. The van der Waals surface area contributed by atoms with Crippen molar-refractivity contribution < 1.29 is 14.0 Å². The number of carbonyl (C=O) groups is 2. The van der Waals surface area contributed by atoms with Crippen molar-refractivity contribution in [3.8, 4) is 0 Å². The smallest absolute Gasteiger partial charge is 0.289 e. The Morgan fingerprint density at radius 2 is 1.86 bits per heavy atom. The van der Waals surface area contributed by atoms with E-state index < -0.39 is 0 Å². The van der Waals surface area contributed by atoms with Crippen LogP contribution in [0.2, 0.25) is 0 Å². The highest BCUT2D eigenvalue weighted by Gasteiger charge is 2.30. The highest BCUT2D eigenvalue weighted by molar-refractivity contribution is 7.10. The summed E-state index contributed by atoms with van der Waals surface area (Å²) in [6.07, 6.45) is 2.82. The van der Waals surface area contributed by atoms with E-state index in [2.05, 4.69) is 42.6 Å². The van der Waals surface area contributed by atoms with Gasteiger partial charge in [0.1, 0.15) is 0 Å². The van der Waals surface area contributed by atoms with Gasteiger partial charge in [-0.15, -0.1) is 11.3 Å². The van der Waals surface area contributed by atoms with Crippen LogP contribution in [0.25, 0.3) is 0 Å². The molecule has 1 unspecified atom stereocenters. The number of rotatable bonds is 5. The molecule has 3 aromatic rings. The molecule has 0 aliphatic carbocycles. The highest BCUT2D eigenvalue weighted by atomic mass is 32.1. The standard InChI is InChI=1S/C23H24N2O3S/c1-16-6-8-17(9-7-16)21(20-5-3-15-29-20)24-22(26)18-10-12-25(13-11-18)23(27)19-4-2-14-28-19/h2-9,14-15,18,21H,10-13H2,1H3,(H,24,26). The summed E-state index contributed by atoms with van der Waals surface area (Å²) in [5.74, 6) is 0.202. The van der Waals surface area contributed by atoms with Crippen molar-refractivity contribution in [3.63, 3.8) is 0 Å². The Balaban J connectivity index is 1.41. The third-order valence-corrected chi connectivity index (χ3v) is 6.35. The number of hydrogen-bond donors (Lipinski definition) is 1. The lowest BCUT2D eigenvalue weighted by atomic mass is 9.94. The minimum Gasteiger partial charge on any atom is -0.459 e. The molecule has 3 heterocycles. The first kappa shape index (κ1) is 19.5. The minimum absolute atomic E-state index is 0.0501. The molecular weight excluding hydrogens is 384 g/mol. The molecule has 1 N–H and O–H groups in total. The zero-order valence-electron chi connectivity index (χ0n) is 16.3. The van der Waals surface area contributed by atoms with Crippen molar-refractivity contribution in [3.05, 3.63) is 81.9 Å². The fraction of sp³-hybridized carbons (Fsp3) is 0.304. The van der Waals surface area contributed by atoms with Gasteiger partial charge in [0.15, 0.2) is 5.76 Å². The molecule has 2 aromatic heterocycles. The molecule has 4 rings (SSSR count). The number of amides is 2. The van der Waals surface area contributed by atoms with Crippen LogP contribution in [0.5, 0.6) is 0 Å². The quantitative estimate of drug-likeness (QED) is 0.680. The van der Waals surface area contributed by atoms with E-state index in [4.69, 9.17) is 4.42 Å². The molecule has 1 fully saturated rings. The number of benzene rings is 1. The fourth-order valence-corrected chi connectivity index (χ4v) is 4.50. The molecule has 0 saturated carbocycles. The van der Waals surface area contributed by atoms with Crippen LogP contribution in [0, 0.1) is 12.8 Å². The van der Waals surface area contributed by atoms with E-state index in [1.54, 1.807) is 28.4 Å². The summed E-state index contributed by atoms with van der Waals surface area (Å²) < 4.78 is 5.20. The molecule has 5 nitrogen and oxygen atoms in total. The van der Waals surface area contributed by atoms with Crippen molar-refractivity contribution in [1.29, 1.82) is 0 Å². The van der Waals surface area contributed by atoms with E-state index in [0.717, 1.165) is 10.4 Å². The third kappa shape index (κ3) is 4.43. The van der Waals surface area contributed by atoms with Crippen LogP contribution in [0.1, 0.15) is 45.4 Å². The van der Waals surface area contributed by atoms with Gasteiger partial charge in [0.2, 0.25) is 5.91 Å². The van der Waals surface area contributed by atoms with E-state index in [0.29, 0.717) is 31.7 Å². The lowest BCUT2D eigenvalue weighted by Crippen LogP contribution is -2.43. The number of hydrogen-bond acceptors (Lipinski definition) is 4. The molecule has 1 aliphatic heterocycles. The Bertz CT molecular complexity index is 941. The predicted octanol–water partition coefficient (Wildman–Crippen LogP) is 4.41. The van der Waals surface area contributed by atoms with E-state index in [-0.39, 0.29) is 23.8 Å². The number of aryl methyl sites for hydroxylation is 1. The summed E-state index contributed by atoms with van der Waals surface area (Å²) in [7, 11) is 0. The maximum Gasteiger partial charge on any atom is 0.289 e. The summed E-state index contributed by atoms with van der Waals surface area (Å²) in [5, 5.41) is 5.28. The monoisotopic (exact) mass is 408 g/mol. The molecular formula is C23H24N2O3S. The third-order valence-electron chi connectivity index (χ3n) is 5.41. The van der Waals surface area contributed by atoms with E-state index >= 15 is 0 Å². The lowest BCUT2D eigenvalue weighted by molar-refractivity contribution is -0.126. The summed E-state index contributed by atoms with van der Waals surface area (Å²) in [5.41, 5.74) is 2.27. The molecule has 1 aromatic carbocycles. The van der Waals surface area contributed by atoms with Crippen molar-refractivity contribution in [1.82, 2.24) is 10.2 Å². The molecule has 0 bridgehead atoms. The average molecular weight is 409 g/mol. The first-order chi connectivity index (χ1) is 14.1. The second-order valence-electron chi connectivity index (χ2n) is 7.41. The van der Waals surface area contributed by atoms with Crippen LogP contribution in [0.4, 0.5) is 0 Å². The van der Waals surface area contributed by atoms with Gasteiger partial charge in [-0.25, -0.2) is 0 Å². The van der Waals surface area contributed by atoms with Crippen molar-refractivity contribution >= 4 is 23.2 Å². The fourth-order valence-electron chi connectivity index (χ4n) is 3.69. The maximum absolute atomic E-state index is 13.0. The van der Waals surface area contributed by atoms with E-state index in [9.17, 15) is 9.59 Å². The number of nitrogens with zero attached hydrogens (tertiary/aromatic N) is 1. The highest BCUT2D eigenvalue weighted by Crippen LogP contribution is 2.28. The van der Waals surface area contributed by atoms with Crippen molar-refractivity contribution in [2.24, 2.45) is 5.92 Å². The number of furan rings is 1. The van der Waals surface area contributed by atoms with Crippen LogP contribution in [0.15, 0.2) is 64.6 Å². The average Bonchev–Trinajstić information content (AvgIpc) is 3.46. The summed E-state index contributed by atoms with van der Waals surface area (Å²) in [6, 6.07) is 15.6. The first-order valence-electron chi connectivity index (χ1n) is 9.85. The molecule has 0 radical (unpaired) electrons. The zero-order chi connectivity index (χ0) is 20.2. The Hall–Kier alpha value is -2.86. The molecule has 1 saturated heterocycles. The van der Waals surface area contributed by atoms with Gasteiger partial charge >= 0.3 is 0 Å². The molecule has 0 spiro atoms. The minimum atomic E-state index is -0.147. The van der Waals surface area contributed by atoms with Gasteiger partial charge < -0.3 is 14.6 Å². The molecule has 6 heteroatoms. The van der Waals surface area contributed by atoms with E-state index in [1.807, 2.05) is 11.4 Å². The molecule has 1 atom stereocenters. The summed E-state index contributed by atoms with van der Waals surface area (Å²) in [4.78, 5) is 28.3. The van der Waals surface area contributed by atoms with Crippen molar-refractivity contribution in [2.75, 3.05) is 13.1 Å². The summed E-state index contributed by atoms with van der Waals surface area (Å²) in [6.45, 7) is 3.18. The van der Waals surface area contributed by atoms with Crippen LogP contribution in [-0.2, 0) is 4.79 Å². The zero-order valence-corrected chi connectivity index (χ0v) is 17.2. The number of nitrogens with one attached hydrogen (secondary N) is 1.